The second kappa shape index (κ2) is 6.75. The number of rotatable bonds is 4. The van der Waals surface area contributed by atoms with Crippen LogP contribution in [-0.4, -0.2) is 56.8 Å². The van der Waals surface area contributed by atoms with Crippen LogP contribution >= 0.6 is 0 Å². The maximum Gasteiger partial charge on any atom is 0.261 e. The van der Waals surface area contributed by atoms with Crippen LogP contribution in [0.3, 0.4) is 0 Å². The average molecular weight is 368 g/mol. The molecule has 2 aliphatic rings. The van der Waals surface area contributed by atoms with E-state index in [0.29, 0.717) is 18.0 Å². The van der Waals surface area contributed by atoms with E-state index in [1.54, 1.807) is 10.6 Å². The van der Waals surface area contributed by atoms with Crippen LogP contribution in [0.15, 0.2) is 29.2 Å². The summed E-state index contributed by atoms with van der Waals surface area (Å²) in [4.78, 5) is 34.3. The number of carbonyl (C=O) groups excluding carboxylic acids is 1. The van der Waals surface area contributed by atoms with E-state index in [1.807, 2.05) is 30.0 Å². The highest BCUT2D eigenvalue weighted by Gasteiger charge is 2.40. The summed E-state index contributed by atoms with van der Waals surface area (Å²) in [6.07, 6.45) is 4.56. The van der Waals surface area contributed by atoms with E-state index >= 15 is 0 Å². The Morgan fingerprint density at radius 1 is 1.26 bits per heavy atom. The van der Waals surface area contributed by atoms with Crippen molar-refractivity contribution in [2.24, 2.45) is 5.92 Å². The summed E-state index contributed by atoms with van der Waals surface area (Å²) in [6.45, 7) is 9.50. The third kappa shape index (κ3) is 3.50. The molecule has 1 aliphatic heterocycles. The van der Waals surface area contributed by atoms with E-state index in [4.69, 9.17) is 0 Å². The predicted molar refractivity (Wildman–Crippen MR) is 105 cm³/mol. The van der Waals surface area contributed by atoms with Crippen LogP contribution in [0.25, 0.3) is 5.65 Å². The maximum absolute atomic E-state index is 12.9. The molecule has 0 unspecified atom stereocenters. The molecule has 144 valence electrons. The third-order valence-corrected chi connectivity index (χ3v) is 5.98. The van der Waals surface area contributed by atoms with E-state index < -0.39 is 0 Å². The summed E-state index contributed by atoms with van der Waals surface area (Å²) in [7, 11) is 0. The molecule has 4 rings (SSSR count). The van der Waals surface area contributed by atoms with Gasteiger partial charge in [-0.2, -0.15) is 0 Å². The number of fused-ring (bicyclic) bond motifs is 1. The predicted octanol–water partition coefficient (Wildman–Crippen LogP) is 1.88. The quantitative estimate of drug-likeness (QED) is 0.827. The first-order chi connectivity index (χ1) is 12.9. The molecular weight excluding hydrogens is 340 g/mol. The van der Waals surface area contributed by atoms with Crippen LogP contribution in [0.2, 0.25) is 0 Å². The highest BCUT2D eigenvalue weighted by Crippen LogP contribution is 2.33. The summed E-state index contributed by atoms with van der Waals surface area (Å²) in [5, 5.41) is 0. The van der Waals surface area contributed by atoms with Crippen molar-refractivity contribution in [1.82, 2.24) is 19.2 Å². The highest BCUT2D eigenvalue weighted by atomic mass is 16.2. The Balaban J connectivity index is 1.48. The Morgan fingerprint density at radius 3 is 2.74 bits per heavy atom. The fraction of sp³-hybridized carbons (Fsp3) is 0.571. The van der Waals surface area contributed by atoms with E-state index in [0.717, 1.165) is 50.3 Å². The molecule has 2 aromatic heterocycles. The minimum atomic E-state index is -0.0861. The van der Waals surface area contributed by atoms with Crippen LogP contribution in [0.1, 0.15) is 37.9 Å². The van der Waals surface area contributed by atoms with Crippen LogP contribution in [-0.2, 0) is 11.2 Å². The third-order valence-electron chi connectivity index (χ3n) is 5.98. The van der Waals surface area contributed by atoms with E-state index in [1.165, 1.54) is 0 Å². The molecule has 0 N–H and O–H groups in total. The second-order valence-electron chi connectivity index (χ2n) is 8.49. The molecule has 27 heavy (non-hydrogen) atoms. The first kappa shape index (κ1) is 18.2. The van der Waals surface area contributed by atoms with Gasteiger partial charge in [0.15, 0.2) is 0 Å². The van der Waals surface area contributed by atoms with Crippen LogP contribution in [0, 0.1) is 12.8 Å². The highest BCUT2D eigenvalue weighted by molar-refractivity contribution is 5.81. The normalized spacial score (nSPS) is 20.2. The van der Waals surface area contributed by atoms with Crippen molar-refractivity contribution in [3.05, 3.63) is 46.0 Å². The second-order valence-corrected chi connectivity index (χ2v) is 8.49. The molecule has 1 aliphatic carbocycles. The van der Waals surface area contributed by atoms with Gasteiger partial charge < -0.3 is 4.90 Å². The number of aromatic nitrogens is 2. The van der Waals surface area contributed by atoms with E-state index in [2.05, 4.69) is 23.7 Å². The van der Waals surface area contributed by atoms with Crippen LogP contribution in [0.5, 0.6) is 0 Å². The minimum Gasteiger partial charge on any atom is -0.339 e. The molecule has 0 radical (unpaired) electrons. The standard InChI is InChI=1S/C21H28N4O2/c1-15-17(20(27)25-10-5-4-6-18(25)22-15)9-11-24-13-12-23(14-21(24,2)3)19(26)16-7-8-16/h4-6,10,16H,7-9,11-14H2,1-3H3. The zero-order chi connectivity index (χ0) is 19.2. The van der Waals surface area contributed by atoms with Gasteiger partial charge in [-0.05, 0) is 52.2 Å². The zero-order valence-electron chi connectivity index (χ0n) is 16.4. The minimum absolute atomic E-state index is 0.0263. The van der Waals surface area contributed by atoms with E-state index in [-0.39, 0.29) is 17.0 Å². The molecule has 1 amide bonds. The Kier molecular flexibility index (Phi) is 4.54. The van der Waals surface area contributed by atoms with Gasteiger partial charge in [0.05, 0.1) is 0 Å². The molecule has 2 fully saturated rings. The van der Waals surface area contributed by atoms with Crippen molar-refractivity contribution < 1.29 is 4.79 Å². The Morgan fingerprint density at radius 2 is 2.04 bits per heavy atom. The number of piperazine rings is 1. The number of carbonyl (C=O) groups is 1. The molecule has 0 spiro atoms. The van der Waals surface area contributed by atoms with Crippen molar-refractivity contribution in [3.8, 4) is 0 Å². The zero-order valence-corrected chi connectivity index (χ0v) is 16.4. The Bertz CT molecular complexity index is 929. The number of pyridine rings is 1. The number of amides is 1. The lowest BCUT2D eigenvalue weighted by Crippen LogP contribution is -2.61. The SMILES string of the molecule is Cc1nc2ccccn2c(=O)c1CCN1CCN(C(=O)C2CC2)CC1(C)C. The average Bonchev–Trinajstić information content (AvgIpc) is 3.46. The summed E-state index contributed by atoms with van der Waals surface area (Å²) in [6, 6.07) is 5.61. The summed E-state index contributed by atoms with van der Waals surface area (Å²) in [5.41, 5.74) is 2.23. The lowest BCUT2D eigenvalue weighted by Gasteiger charge is -2.47. The van der Waals surface area contributed by atoms with Gasteiger partial charge in [0.25, 0.3) is 5.56 Å². The fourth-order valence-electron chi connectivity index (χ4n) is 4.15. The number of nitrogens with zero attached hydrogens (tertiary/aromatic N) is 4. The van der Waals surface area contributed by atoms with Gasteiger partial charge >= 0.3 is 0 Å². The molecule has 0 bridgehead atoms. The first-order valence-electron chi connectivity index (χ1n) is 9.87. The summed E-state index contributed by atoms with van der Waals surface area (Å²) in [5.74, 6) is 0.606. The van der Waals surface area contributed by atoms with Crippen molar-refractivity contribution in [2.45, 2.75) is 45.6 Å². The monoisotopic (exact) mass is 368 g/mol. The smallest absolute Gasteiger partial charge is 0.261 e. The lowest BCUT2D eigenvalue weighted by molar-refractivity contribution is -0.137. The maximum atomic E-state index is 12.9. The molecular formula is C21H28N4O2. The van der Waals surface area contributed by atoms with Crippen LogP contribution in [0.4, 0.5) is 0 Å². The molecule has 6 heteroatoms. The van der Waals surface area contributed by atoms with Gasteiger partial charge in [0, 0.05) is 55.1 Å². The molecule has 2 aromatic rings. The molecule has 0 atom stereocenters. The molecule has 6 nitrogen and oxygen atoms in total. The van der Waals surface area contributed by atoms with Crippen molar-refractivity contribution in [1.29, 1.82) is 0 Å². The number of aryl methyl sites for hydroxylation is 1. The topological polar surface area (TPSA) is 57.9 Å². The first-order valence-corrected chi connectivity index (χ1v) is 9.87. The van der Waals surface area contributed by atoms with Crippen molar-refractivity contribution >= 4 is 11.6 Å². The summed E-state index contributed by atoms with van der Waals surface area (Å²) >= 11 is 0. The number of hydrogen-bond donors (Lipinski definition) is 0. The summed E-state index contributed by atoms with van der Waals surface area (Å²) < 4.78 is 1.62. The molecule has 1 saturated carbocycles. The van der Waals surface area contributed by atoms with Gasteiger partial charge in [0.1, 0.15) is 5.65 Å². The van der Waals surface area contributed by atoms with Gasteiger partial charge in [0.2, 0.25) is 5.91 Å². The molecule has 0 aromatic carbocycles. The Hall–Kier alpha value is -2.21. The van der Waals surface area contributed by atoms with Crippen LogP contribution < -0.4 is 5.56 Å². The van der Waals surface area contributed by atoms with Gasteiger partial charge in [-0.25, -0.2) is 4.98 Å². The van der Waals surface area contributed by atoms with Crippen molar-refractivity contribution in [2.75, 3.05) is 26.2 Å². The van der Waals surface area contributed by atoms with Crippen molar-refractivity contribution in [3.63, 3.8) is 0 Å². The molecule has 1 saturated heterocycles. The van der Waals surface area contributed by atoms with Gasteiger partial charge in [-0.15, -0.1) is 0 Å². The fourth-order valence-corrected chi connectivity index (χ4v) is 4.15. The van der Waals surface area contributed by atoms with Gasteiger partial charge in [-0.1, -0.05) is 6.07 Å². The lowest BCUT2D eigenvalue weighted by atomic mass is 9.97. The van der Waals surface area contributed by atoms with E-state index in [9.17, 15) is 9.59 Å². The number of hydrogen-bond acceptors (Lipinski definition) is 4. The molecule has 3 heterocycles. The van der Waals surface area contributed by atoms with Gasteiger partial charge in [-0.3, -0.25) is 18.9 Å². The largest absolute Gasteiger partial charge is 0.339 e. The Labute approximate surface area is 159 Å².